The molecule has 6 heavy (non-hydrogen) atoms. The molecule has 3 heteroatoms. The number of hydrogen-bond acceptors (Lipinski definition) is 1. The fourth-order valence-electron chi connectivity index (χ4n) is 0. The van der Waals surface area contributed by atoms with Crippen LogP contribution in [0.3, 0.4) is 0 Å². The van der Waals surface area contributed by atoms with Crippen LogP contribution in [0.2, 0.25) is 0 Å². The van der Waals surface area contributed by atoms with Crippen LogP contribution >= 0.6 is 23.2 Å². The normalized spacial score (nSPS) is 6.00. The van der Waals surface area contributed by atoms with E-state index >= 15 is 0 Å². The van der Waals surface area contributed by atoms with E-state index in [9.17, 15) is 0 Å². The molecule has 0 bridgehead atoms. The van der Waals surface area contributed by atoms with E-state index in [2.05, 4.69) is 4.74 Å². The van der Waals surface area contributed by atoms with Crippen molar-refractivity contribution < 1.29 is 4.74 Å². The van der Waals surface area contributed by atoms with Gasteiger partial charge in [0.15, 0.2) is 0 Å². The van der Waals surface area contributed by atoms with Gasteiger partial charge in [-0.1, -0.05) is 0 Å². The van der Waals surface area contributed by atoms with Gasteiger partial charge in [-0.2, -0.15) is 0 Å². The van der Waals surface area contributed by atoms with Gasteiger partial charge in [-0.05, 0) is 0 Å². The van der Waals surface area contributed by atoms with Crippen LogP contribution in [0.5, 0.6) is 0 Å². The Balaban J connectivity index is 0. The van der Waals surface area contributed by atoms with E-state index in [1.54, 1.807) is 14.2 Å². The number of methoxy groups -OCH3 is 1. The lowest BCUT2D eigenvalue weighted by Gasteiger charge is -1.61. The molecule has 40 valence electrons. The molecule has 0 N–H and O–H groups in total. The maximum Gasteiger partial charge on any atom is 0.0967 e. The van der Waals surface area contributed by atoms with Crippen molar-refractivity contribution in [3.63, 3.8) is 0 Å². The summed E-state index contributed by atoms with van der Waals surface area (Å²) in [7, 11) is 3.25. The SMILES string of the molecule is COC.ClCCl. The average molecular weight is 131 g/mol. The first-order valence-corrected chi connectivity index (χ1v) is 2.42. The number of alkyl halides is 2. The summed E-state index contributed by atoms with van der Waals surface area (Å²) in [4.78, 5) is 0. The molecule has 0 aliphatic carbocycles. The van der Waals surface area contributed by atoms with Crippen LogP contribution < -0.4 is 0 Å². The number of halogens is 2. The zero-order valence-corrected chi connectivity index (χ0v) is 5.38. The Hall–Kier alpha value is 0.540. The zero-order chi connectivity index (χ0) is 5.41. The highest BCUT2D eigenvalue weighted by molar-refractivity contribution is 6.40. The summed E-state index contributed by atoms with van der Waals surface area (Å²) in [5, 5.41) is 0.194. The van der Waals surface area contributed by atoms with Gasteiger partial charge in [0.2, 0.25) is 0 Å². The minimum atomic E-state index is 0.194. The Labute approximate surface area is 48.2 Å². The molecule has 0 unspecified atom stereocenters. The molecule has 0 atom stereocenters. The van der Waals surface area contributed by atoms with Gasteiger partial charge in [-0.25, -0.2) is 0 Å². The second-order valence-corrected chi connectivity index (χ2v) is 1.32. The molecule has 0 radical (unpaired) electrons. The molecule has 0 saturated heterocycles. The van der Waals surface area contributed by atoms with E-state index in [4.69, 9.17) is 23.2 Å². The Morgan fingerprint density at radius 1 is 1.33 bits per heavy atom. The van der Waals surface area contributed by atoms with E-state index < -0.39 is 0 Å². The second-order valence-electron chi connectivity index (χ2n) is 0.509. The monoisotopic (exact) mass is 130 g/mol. The van der Waals surface area contributed by atoms with Gasteiger partial charge in [-0.15, -0.1) is 23.2 Å². The van der Waals surface area contributed by atoms with Gasteiger partial charge >= 0.3 is 0 Å². The van der Waals surface area contributed by atoms with Gasteiger partial charge in [0.25, 0.3) is 0 Å². The number of hydrogen-bond donors (Lipinski definition) is 0. The third kappa shape index (κ3) is 195. The standard InChI is InChI=1S/C2H6O.CH2Cl2/c1-3-2;2-1-3/h1-2H3;1H2. The summed E-state index contributed by atoms with van der Waals surface area (Å²) >= 11 is 9.53. The first kappa shape index (κ1) is 9.74. The molecule has 0 aromatic rings. The fraction of sp³-hybridized carbons (Fsp3) is 1.00. The van der Waals surface area contributed by atoms with Gasteiger partial charge in [0, 0.05) is 14.2 Å². The zero-order valence-electron chi connectivity index (χ0n) is 3.87. The van der Waals surface area contributed by atoms with Crippen LogP contribution in [0.25, 0.3) is 0 Å². The quantitative estimate of drug-likeness (QED) is 0.454. The van der Waals surface area contributed by atoms with Gasteiger partial charge in [0.05, 0.1) is 5.34 Å². The average Bonchev–Trinajstić information content (AvgIpc) is 1.39. The molecule has 0 aliphatic heterocycles. The van der Waals surface area contributed by atoms with Gasteiger partial charge < -0.3 is 4.74 Å². The fourth-order valence-corrected chi connectivity index (χ4v) is 0. The highest BCUT2D eigenvalue weighted by Crippen LogP contribution is 1.73. The molecule has 0 aliphatic rings. The summed E-state index contributed by atoms with van der Waals surface area (Å²) in [6.45, 7) is 0. The molecule has 0 fully saturated rings. The van der Waals surface area contributed by atoms with E-state index in [0.29, 0.717) is 0 Å². The summed E-state index contributed by atoms with van der Waals surface area (Å²) in [6.07, 6.45) is 0. The first-order chi connectivity index (χ1) is 2.83. The predicted octanol–water partition coefficient (Wildman–Crippen LogP) is 1.68. The van der Waals surface area contributed by atoms with Crippen LogP contribution in [0, 0.1) is 0 Å². The third-order valence-electron chi connectivity index (χ3n) is 0. The maximum absolute atomic E-state index is 4.76. The third-order valence-corrected chi connectivity index (χ3v) is 0. The van der Waals surface area contributed by atoms with E-state index in [1.807, 2.05) is 0 Å². The molecular weight excluding hydrogens is 123 g/mol. The second kappa shape index (κ2) is 17.7. The topological polar surface area (TPSA) is 9.23 Å². The molecule has 0 aromatic carbocycles. The van der Waals surface area contributed by atoms with Crippen molar-refractivity contribution in [3.05, 3.63) is 0 Å². The van der Waals surface area contributed by atoms with Crippen molar-refractivity contribution in [3.8, 4) is 0 Å². The van der Waals surface area contributed by atoms with E-state index in [0.717, 1.165) is 0 Å². The lowest BCUT2D eigenvalue weighted by molar-refractivity contribution is 0.277. The van der Waals surface area contributed by atoms with Crippen molar-refractivity contribution in [2.75, 3.05) is 19.6 Å². The Kier molecular flexibility index (Phi) is 28.7. The van der Waals surface area contributed by atoms with Crippen LogP contribution in [0.4, 0.5) is 0 Å². The maximum atomic E-state index is 4.76. The summed E-state index contributed by atoms with van der Waals surface area (Å²) in [5.74, 6) is 0. The molecule has 1 nitrogen and oxygen atoms in total. The molecule has 0 amide bonds. The first-order valence-electron chi connectivity index (χ1n) is 1.35. The Morgan fingerprint density at radius 3 is 1.33 bits per heavy atom. The minimum Gasteiger partial charge on any atom is -0.388 e. The highest BCUT2D eigenvalue weighted by atomic mass is 35.5. The van der Waals surface area contributed by atoms with Crippen LogP contribution in [0.1, 0.15) is 0 Å². The van der Waals surface area contributed by atoms with Crippen molar-refractivity contribution in [1.29, 1.82) is 0 Å². The highest BCUT2D eigenvalue weighted by Gasteiger charge is 1.41. The molecule has 0 rings (SSSR count). The van der Waals surface area contributed by atoms with Crippen LogP contribution in [-0.2, 0) is 4.74 Å². The lowest BCUT2D eigenvalue weighted by Crippen LogP contribution is -1.55. The summed E-state index contributed by atoms with van der Waals surface area (Å²) in [6, 6.07) is 0. The predicted molar refractivity (Wildman–Crippen MR) is 29.5 cm³/mol. The largest absolute Gasteiger partial charge is 0.388 e. The molecule has 0 saturated carbocycles. The van der Waals surface area contributed by atoms with Crippen LogP contribution in [0.15, 0.2) is 0 Å². The minimum absolute atomic E-state index is 0.194. The molecule has 0 spiro atoms. The van der Waals surface area contributed by atoms with E-state index in [1.165, 1.54) is 0 Å². The smallest absolute Gasteiger partial charge is 0.0967 e. The number of rotatable bonds is 0. The van der Waals surface area contributed by atoms with Crippen molar-refractivity contribution >= 4 is 23.2 Å². The van der Waals surface area contributed by atoms with Gasteiger partial charge in [-0.3, -0.25) is 0 Å². The Morgan fingerprint density at radius 2 is 1.33 bits per heavy atom. The molecule has 0 heterocycles. The molecule has 0 aromatic heterocycles. The summed E-state index contributed by atoms with van der Waals surface area (Å²) < 4.78 is 4.25. The van der Waals surface area contributed by atoms with Crippen molar-refractivity contribution in [1.82, 2.24) is 0 Å². The van der Waals surface area contributed by atoms with Crippen molar-refractivity contribution in [2.45, 2.75) is 0 Å². The Bertz CT molecular complexity index is 10.8. The van der Waals surface area contributed by atoms with Crippen molar-refractivity contribution in [2.24, 2.45) is 0 Å². The van der Waals surface area contributed by atoms with Gasteiger partial charge in [0.1, 0.15) is 0 Å². The van der Waals surface area contributed by atoms with Crippen LogP contribution in [-0.4, -0.2) is 19.6 Å². The number of ether oxygens (including phenoxy) is 1. The molecular formula is C3H8Cl2O. The summed E-state index contributed by atoms with van der Waals surface area (Å²) in [5.41, 5.74) is 0. The lowest BCUT2D eigenvalue weighted by atomic mass is 11.6. The van der Waals surface area contributed by atoms with E-state index in [-0.39, 0.29) is 5.34 Å².